The summed E-state index contributed by atoms with van der Waals surface area (Å²) in [7, 11) is 0. The fourth-order valence-corrected chi connectivity index (χ4v) is 3.21. The predicted molar refractivity (Wildman–Crippen MR) is 69.7 cm³/mol. The van der Waals surface area contributed by atoms with Crippen molar-refractivity contribution in [1.82, 2.24) is 10.2 Å². The molecule has 0 amide bonds. The van der Waals surface area contributed by atoms with Gasteiger partial charge in [-0.05, 0) is 26.2 Å². The first-order valence-electron chi connectivity index (χ1n) is 6.86. The summed E-state index contributed by atoms with van der Waals surface area (Å²) in [6, 6.07) is 0.688. The van der Waals surface area contributed by atoms with E-state index in [1.807, 2.05) is 6.08 Å². The molecule has 1 saturated heterocycles. The molecule has 1 heterocycles. The summed E-state index contributed by atoms with van der Waals surface area (Å²) in [6.45, 7) is 9.78. The molecule has 0 aromatic heterocycles. The van der Waals surface area contributed by atoms with Crippen molar-refractivity contribution in [1.29, 1.82) is 0 Å². The molecule has 0 radical (unpaired) electrons. The zero-order valence-corrected chi connectivity index (χ0v) is 10.7. The maximum absolute atomic E-state index is 3.83. The average molecular weight is 222 g/mol. The lowest BCUT2D eigenvalue weighted by atomic mass is 9.79. The maximum atomic E-state index is 3.83. The molecule has 1 unspecified atom stereocenters. The quantitative estimate of drug-likeness (QED) is 0.738. The molecule has 1 atom stereocenters. The molecule has 0 aromatic carbocycles. The number of piperazine rings is 1. The number of hydrogen-bond acceptors (Lipinski definition) is 2. The van der Waals surface area contributed by atoms with Crippen LogP contribution in [0.5, 0.6) is 0 Å². The Morgan fingerprint density at radius 2 is 2.12 bits per heavy atom. The Hall–Kier alpha value is -0.340. The largest absolute Gasteiger partial charge is 0.308 e. The molecular weight excluding hydrogens is 196 g/mol. The van der Waals surface area contributed by atoms with Crippen molar-refractivity contribution < 1.29 is 0 Å². The van der Waals surface area contributed by atoms with Crippen molar-refractivity contribution in [3.8, 4) is 0 Å². The van der Waals surface area contributed by atoms with E-state index in [1.165, 1.54) is 45.2 Å². The van der Waals surface area contributed by atoms with Crippen LogP contribution in [0.25, 0.3) is 0 Å². The van der Waals surface area contributed by atoms with Crippen molar-refractivity contribution >= 4 is 0 Å². The minimum absolute atomic E-state index is 0.450. The SMILES string of the molecule is C=CCCN1CC2(CCCCC2)NCC1C. The van der Waals surface area contributed by atoms with Gasteiger partial charge in [-0.25, -0.2) is 0 Å². The van der Waals surface area contributed by atoms with E-state index >= 15 is 0 Å². The first-order chi connectivity index (χ1) is 7.76. The minimum atomic E-state index is 0.450. The van der Waals surface area contributed by atoms with Gasteiger partial charge in [-0.15, -0.1) is 6.58 Å². The van der Waals surface area contributed by atoms with Crippen LogP contribution in [-0.4, -0.2) is 36.1 Å². The van der Waals surface area contributed by atoms with Gasteiger partial charge in [0.1, 0.15) is 0 Å². The Bertz CT molecular complexity index is 231. The lowest BCUT2D eigenvalue weighted by Crippen LogP contribution is -2.64. The summed E-state index contributed by atoms with van der Waals surface area (Å²) in [6.07, 6.45) is 10.2. The highest BCUT2D eigenvalue weighted by atomic mass is 15.2. The fourth-order valence-electron chi connectivity index (χ4n) is 3.21. The Morgan fingerprint density at radius 1 is 1.38 bits per heavy atom. The van der Waals surface area contributed by atoms with Gasteiger partial charge in [0, 0.05) is 31.2 Å². The van der Waals surface area contributed by atoms with E-state index < -0.39 is 0 Å². The van der Waals surface area contributed by atoms with Gasteiger partial charge < -0.3 is 5.32 Å². The maximum Gasteiger partial charge on any atom is 0.0309 e. The smallest absolute Gasteiger partial charge is 0.0309 e. The van der Waals surface area contributed by atoms with Crippen LogP contribution in [-0.2, 0) is 0 Å². The Balaban J connectivity index is 1.94. The van der Waals surface area contributed by atoms with E-state index in [-0.39, 0.29) is 0 Å². The van der Waals surface area contributed by atoms with E-state index in [4.69, 9.17) is 0 Å². The summed E-state index contributed by atoms with van der Waals surface area (Å²) in [5.74, 6) is 0. The molecule has 2 nitrogen and oxygen atoms in total. The van der Waals surface area contributed by atoms with Crippen molar-refractivity contribution in [2.45, 2.75) is 57.0 Å². The van der Waals surface area contributed by atoms with Gasteiger partial charge in [0.05, 0.1) is 0 Å². The Morgan fingerprint density at radius 3 is 2.81 bits per heavy atom. The van der Waals surface area contributed by atoms with Crippen LogP contribution in [0, 0.1) is 0 Å². The normalized spacial score (nSPS) is 30.4. The number of nitrogens with one attached hydrogen (secondary N) is 1. The summed E-state index contributed by atoms with van der Waals surface area (Å²) >= 11 is 0. The third-order valence-corrected chi connectivity index (χ3v) is 4.33. The Kier molecular flexibility index (Phi) is 4.04. The van der Waals surface area contributed by atoms with Crippen LogP contribution in [0.15, 0.2) is 12.7 Å². The van der Waals surface area contributed by atoms with E-state index in [0.717, 1.165) is 13.0 Å². The Labute approximate surface area is 100 Å². The highest BCUT2D eigenvalue weighted by molar-refractivity contribution is 4.99. The molecule has 2 rings (SSSR count). The van der Waals surface area contributed by atoms with Gasteiger partial charge in [0.2, 0.25) is 0 Å². The van der Waals surface area contributed by atoms with E-state index in [0.29, 0.717) is 11.6 Å². The molecule has 1 aliphatic heterocycles. The highest BCUT2D eigenvalue weighted by Crippen LogP contribution is 2.31. The van der Waals surface area contributed by atoms with Gasteiger partial charge in [0.25, 0.3) is 0 Å². The number of rotatable bonds is 3. The standard InChI is InChI=1S/C14H26N2/c1-3-4-10-16-12-14(15-11-13(16)2)8-6-5-7-9-14/h3,13,15H,1,4-12H2,2H3. The van der Waals surface area contributed by atoms with Gasteiger partial charge in [-0.1, -0.05) is 25.3 Å². The molecule has 2 aliphatic rings. The second-order valence-electron chi connectivity index (χ2n) is 5.62. The lowest BCUT2D eigenvalue weighted by Gasteiger charge is -2.49. The van der Waals surface area contributed by atoms with Crippen LogP contribution >= 0.6 is 0 Å². The zero-order valence-electron chi connectivity index (χ0n) is 10.7. The van der Waals surface area contributed by atoms with Crippen molar-refractivity contribution in [3.63, 3.8) is 0 Å². The molecule has 2 heteroatoms. The van der Waals surface area contributed by atoms with Crippen LogP contribution in [0.4, 0.5) is 0 Å². The van der Waals surface area contributed by atoms with E-state index in [1.54, 1.807) is 0 Å². The monoisotopic (exact) mass is 222 g/mol. The highest BCUT2D eigenvalue weighted by Gasteiger charge is 2.38. The topological polar surface area (TPSA) is 15.3 Å². The van der Waals surface area contributed by atoms with Gasteiger partial charge in [-0.3, -0.25) is 4.90 Å². The van der Waals surface area contributed by atoms with Crippen LogP contribution in [0.2, 0.25) is 0 Å². The molecule has 0 aromatic rings. The zero-order chi connectivity index (χ0) is 11.4. The molecule has 1 N–H and O–H groups in total. The molecule has 0 bridgehead atoms. The van der Waals surface area contributed by atoms with Gasteiger partial charge in [0.15, 0.2) is 0 Å². The molecule has 2 fully saturated rings. The fraction of sp³-hybridized carbons (Fsp3) is 0.857. The first kappa shape index (κ1) is 12.1. The molecule has 92 valence electrons. The van der Waals surface area contributed by atoms with E-state index in [2.05, 4.69) is 23.7 Å². The summed E-state index contributed by atoms with van der Waals surface area (Å²) < 4.78 is 0. The second-order valence-corrected chi connectivity index (χ2v) is 5.62. The van der Waals surface area contributed by atoms with E-state index in [9.17, 15) is 0 Å². The average Bonchev–Trinajstić information content (AvgIpc) is 2.32. The van der Waals surface area contributed by atoms with Crippen LogP contribution < -0.4 is 5.32 Å². The van der Waals surface area contributed by atoms with Gasteiger partial charge >= 0.3 is 0 Å². The predicted octanol–water partition coefficient (Wildman–Crippen LogP) is 2.56. The minimum Gasteiger partial charge on any atom is -0.308 e. The van der Waals surface area contributed by atoms with Crippen molar-refractivity contribution in [2.75, 3.05) is 19.6 Å². The molecule has 1 saturated carbocycles. The third kappa shape index (κ3) is 2.67. The number of hydrogen-bond donors (Lipinski definition) is 1. The number of nitrogens with zero attached hydrogens (tertiary/aromatic N) is 1. The lowest BCUT2D eigenvalue weighted by molar-refractivity contribution is 0.0642. The molecule has 1 aliphatic carbocycles. The van der Waals surface area contributed by atoms with Crippen LogP contribution in [0.1, 0.15) is 45.4 Å². The summed E-state index contributed by atoms with van der Waals surface area (Å²) in [5, 5.41) is 3.82. The molecule has 1 spiro atoms. The first-order valence-corrected chi connectivity index (χ1v) is 6.86. The van der Waals surface area contributed by atoms with Crippen molar-refractivity contribution in [3.05, 3.63) is 12.7 Å². The third-order valence-electron chi connectivity index (χ3n) is 4.33. The molecular formula is C14H26N2. The van der Waals surface area contributed by atoms with Gasteiger partial charge in [-0.2, -0.15) is 0 Å². The second kappa shape index (κ2) is 5.33. The molecule has 16 heavy (non-hydrogen) atoms. The summed E-state index contributed by atoms with van der Waals surface area (Å²) in [5.41, 5.74) is 0.450. The van der Waals surface area contributed by atoms with Crippen LogP contribution in [0.3, 0.4) is 0 Å². The summed E-state index contributed by atoms with van der Waals surface area (Å²) in [4.78, 5) is 2.66. The van der Waals surface area contributed by atoms with Crippen molar-refractivity contribution in [2.24, 2.45) is 0 Å².